The van der Waals surface area contributed by atoms with Crippen molar-refractivity contribution in [2.45, 2.75) is 6.54 Å². The smallest absolute Gasteiger partial charge is 0.187 e. The maximum atomic E-state index is 10.0. The first kappa shape index (κ1) is 17.2. The molecule has 0 aliphatic carbocycles. The summed E-state index contributed by atoms with van der Waals surface area (Å²) in [6.07, 6.45) is 1.47. The van der Waals surface area contributed by atoms with Crippen LogP contribution in [0.15, 0.2) is 52.0 Å². The molecule has 0 atom stereocenters. The van der Waals surface area contributed by atoms with E-state index in [1.807, 2.05) is 30.3 Å². The Balaban J connectivity index is 1.91. The second-order valence-corrected chi connectivity index (χ2v) is 5.91. The minimum absolute atomic E-state index is 0.0180. The number of phenolic OH excluding ortho intramolecular Hbond substituents is 1. The first-order chi connectivity index (χ1) is 11.1. The van der Waals surface area contributed by atoms with Crippen molar-refractivity contribution in [3.8, 4) is 11.5 Å². The average molecular weight is 394 g/mol. The van der Waals surface area contributed by atoms with Crippen LogP contribution in [0.25, 0.3) is 0 Å². The molecule has 23 heavy (non-hydrogen) atoms. The van der Waals surface area contributed by atoms with Crippen molar-refractivity contribution in [1.29, 1.82) is 0 Å². The van der Waals surface area contributed by atoms with Crippen LogP contribution in [0.2, 0.25) is 0 Å². The van der Waals surface area contributed by atoms with Crippen molar-refractivity contribution < 1.29 is 9.84 Å². The van der Waals surface area contributed by atoms with Gasteiger partial charge >= 0.3 is 0 Å². The molecule has 2 aromatic carbocycles. The minimum atomic E-state index is 0.0180. The molecule has 0 saturated carbocycles. The molecule has 0 bridgehead atoms. The molecule has 0 radical (unpaired) electrons. The quantitative estimate of drug-likeness (QED) is 0.413. The SMILES string of the molecule is COc1cc(Br)cc(/C=N/NC(=S)NCc2ccccc2)c1O. The lowest BCUT2D eigenvalue weighted by atomic mass is 10.2. The second kappa shape index (κ2) is 8.50. The van der Waals surface area contributed by atoms with E-state index in [1.54, 1.807) is 12.1 Å². The highest BCUT2D eigenvalue weighted by atomic mass is 79.9. The Morgan fingerprint density at radius 2 is 2.09 bits per heavy atom. The van der Waals surface area contributed by atoms with Crippen molar-refractivity contribution in [1.82, 2.24) is 10.7 Å². The van der Waals surface area contributed by atoms with Crippen molar-refractivity contribution in [3.63, 3.8) is 0 Å². The molecule has 0 aliphatic rings. The number of hydrogen-bond donors (Lipinski definition) is 3. The van der Waals surface area contributed by atoms with Crippen molar-refractivity contribution in [2.75, 3.05) is 7.11 Å². The second-order valence-electron chi connectivity index (χ2n) is 4.58. The highest BCUT2D eigenvalue weighted by molar-refractivity contribution is 9.10. The van der Waals surface area contributed by atoms with Crippen LogP contribution < -0.4 is 15.5 Å². The van der Waals surface area contributed by atoms with Gasteiger partial charge in [-0.1, -0.05) is 46.3 Å². The highest BCUT2D eigenvalue weighted by Gasteiger charge is 2.08. The number of nitrogens with one attached hydrogen (secondary N) is 2. The summed E-state index contributed by atoms with van der Waals surface area (Å²) >= 11 is 8.49. The number of aromatic hydroxyl groups is 1. The monoisotopic (exact) mass is 393 g/mol. The molecule has 0 aliphatic heterocycles. The van der Waals surface area contributed by atoms with Gasteiger partial charge in [-0.05, 0) is 29.9 Å². The largest absolute Gasteiger partial charge is 0.504 e. The van der Waals surface area contributed by atoms with Gasteiger partial charge in [0.2, 0.25) is 0 Å². The van der Waals surface area contributed by atoms with E-state index < -0.39 is 0 Å². The zero-order valence-corrected chi connectivity index (χ0v) is 14.8. The van der Waals surface area contributed by atoms with Crippen molar-refractivity contribution in [3.05, 3.63) is 58.1 Å². The summed E-state index contributed by atoms with van der Waals surface area (Å²) in [6, 6.07) is 13.3. The van der Waals surface area contributed by atoms with Crippen LogP contribution in [0.1, 0.15) is 11.1 Å². The molecule has 120 valence electrons. The highest BCUT2D eigenvalue weighted by Crippen LogP contribution is 2.32. The zero-order chi connectivity index (χ0) is 16.7. The first-order valence-corrected chi connectivity index (χ1v) is 7.97. The predicted octanol–water partition coefficient (Wildman–Crippen LogP) is 3.16. The molecule has 0 amide bonds. The third kappa shape index (κ3) is 5.22. The van der Waals surface area contributed by atoms with E-state index in [1.165, 1.54) is 13.3 Å². The van der Waals surface area contributed by atoms with E-state index in [-0.39, 0.29) is 5.75 Å². The molecule has 0 heterocycles. The Morgan fingerprint density at radius 1 is 1.35 bits per heavy atom. The lowest BCUT2D eigenvalue weighted by Crippen LogP contribution is -2.31. The summed E-state index contributed by atoms with van der Waals surface area (Å²) in [6.45, 7) is 0.609. The summed E-state index contributed by atoms with van der Waals surface area (Å²) in [7, 11) is 1.49. The van der Waals surface area contributed by atoms with Gasteiger partial charge in [0.25, 0.3) is 0 Å². The number of methoxy groups -OCH3 is 1. The fourth-order valence-electron chi connectivity index (χ4n) is 1.83. The first-order valence-electron chi connectivity index (χ1n) is 6.77. The Morgan fingerprint density at radius 3 is 2.78 bits per heavy atom. The molecular weight excluding hydrogens is 378 g/mol. The van der Waals surface area contributed by atoms with Gasteiger partial charge in [0.05, 0.1) is 13.3 Å². The maximum absolute atomic E-state index is 10.0. The van der Waals surface area contributed by atoms with Crippen LogP contribution in [0.3, 0.4) is 0 Å². The van der Waals surface area contributed by atoms with Gasteiger partial charge in [0.15, 0.2) is 16.6 Å². The molecule has 3 N–H and O–H groups in total. The molecule has 0 aromatic heterocycles. The molecule has 0 fully saturated rings. The standard InChI is InChI=1S/C16H16BrN3O2S/c1-22-14-8-13(17)7-12(15(14)21)10-19-20-16(23)18-9-11-5-3-2-4-6-11/h2-8,10,21H,9H2,1H3,(H2,18,20,23)/b19-10+. The average Bonchev–Trinajstić information content (AvgIpc) is 2.56. The molecule has 0 saturated heterocycles. The number of thiocarbonyl (C=S) groups is 1. The molecule has 2 aromatic rings. The van der Waals surface area contributed by atoms with Crippen LogP contribution in [0.4, 0.5) is 0 Å². The molecular formula is C16H16BrN3O2S. The van der Waals surface area contributed by atoms with Crippen LogP contribution >= 0.6 is 28.1 Å². The Labute approximate surface area is 148 Å². The number of phenols is 1. The molecule has 2 rings (SSSR count). The summed E-state index contributed by atoms with van der Waals surface area (Å²) in [5.74, 6) is 0.384. The number of halogens is 1. The summed E-state index contributed by atoms with van der Waals surface area (Å²) in [4.78, 5) is 0. The van der Waals surface area contributed by atoms with Gasteiger partial charge in [0, 0.05) is 16.6 Å². The van der Waals surface area contributed by atoms with Gasteiger partial charge in [-0.15, -0.1) is 0 Å². The third-order valence-electron chi connectivity index (χ3n) is 2.95. The fraction of sp³-hybridized carbons (Fsp3) is 0.125. The van der Waals surface area contributed by atoms with Crippen LogP contribution in [-0.2, 0) is 6.54 Å². The summed E-state index contributed by atoms with van der Waals surface area (Å²) in [5.41, 5.74) is 4.34. The molecule has 0 spiro atoms. The van der Waals surface area contributed by atoms with Gasteiger partial charge in [-0.2, -0.15) is 5.10 Å². The van der Waals surface area contributed by atoms with E-state index in [0.29, 0.717) is 23.0 Å². The van der Waals surface area contributed by atoms with E-state index in [2.05, 4.69) is 31.8 Å². The molecule has 0 unspecified atom stereocenters. The number of benzene rings is 2. The van der Waals surface area contributed by atoms with Crippen LogP contribution in [0.5, 0.6) is 11.5 Å². The van der Waals surface area contributed by atoms with Gasteiger partial charge in [0.1, 0.15) is 0 Å². The van der Waals surface area contributed by atoms with E-state index in [9.17, 15) is 5.11 Å². The van der Waals surface area contributed by atoms with Crippen LogP contribution in [0, 0.1) is 0 Å². The third-order valence-corrected chi connectivity index (χ3v) is 3.65. The summed E-state index contributed by atoms with van der Waals surface area (Å²) in [5, 5.41) is 17.5. The molecule has 7 heteroatoms. The lowest BCUT2D eigenvalue weighted by Gasteiger charge is -2.08. The number of ether oxygens (including phenoxy) is 1. The van der Waals surface area contributed by atoms with E-state index in [0.717, 1.165) is 10.0 Å². The van der Waals surface area contributed by atoms with Crippen LogP contribution in [-0.4, -0.2) is 23.5 Å². The number of hydrazone groups is 1. The van der Waals surface area contributed by atoms with Crippen molar-refractivity contribution >= 4 is 39.5 Å². The van der Waals surface area contributed by atoms with Gasteiger partial charge < -0.3 is 15.2 Å². The van der Waals surface area contributed by atoms with Crippen molar-refractivity contribution in [2.24, 2.45) is 5.10 Å². The zero-order valence-electron chi connectivity index (χ0n) is 12.4. The van der Waals surface area contributed by atoms with Gasteiger partial charge in [-0.3, -0.25) is 5.43 Å². The Bertz CT molecular complexity index is 708. The van der Waals surface area contributed by atoms with Gasteiger partial charge in [-0.25, -0.2) is 0 Å². The topological polar surface area (TPSA) is 65.9 Å². The number of hydrogen-bond acceptors (Lipinski definition) is 4. The molecule has 5 nitrogen and oxygen atoms in total. The number of nitrogens with zero attached hydrogens (tertiary/aromatic N) is 1. The number of rotatable bonds is 5. The summed E-state index contributed by atoms with van der Waals surface area (Å²) < 4.78 is 5.86. The fourth-order valence-corrected chi connectivity index (χ4v) is 2.41. The maximum Gasteiger partial charge on any atom is 0.187 e. The Hall–Kier alpha value is -2.12. The Kier molecular flexibility index (Phi) is 6.37. The lowest BCUT2D eigenvalue weighted by molar-refractivity contribution is 0.373. The normalized spacial score (nSPS) is 10.5. The van der Waals surface area contributed by atoms with E-state index in [4.69, 9.17) is 17.0 Å². The predicted molar refractivity (Wildman–Crippen MR) is 99.0 cm³/mol. The van der Waals surface area contributed by atoms with E-state index >= 15 is 0 Å². The minimum Gasteiger partial charge on any atom is -0.504 e.